The minimum absolute atomic E-state index is 0.0733. The Balaban J connectivity index is 4.99. The number of allylic oxidation sites excluding steroid dienone is 4. The first kappa shape index (κ1) is 61.5. The first-order valence-corrected chi connectivity index (χ1v) is 25.7. The van der Waals surface area contributed by atoms with E-state index in [1.54, 1.807) is 0 Å². The van der Waals surface area contributed by atoms with Gasteiger partial charge >= 0.3 is 30.0 Å². The van der Waals surface area contributed by atoms with E-state index in [1.807, 2.05) is 0 Å². The molecule has 0 saturated heterocycles. The fraction of sp³-hybridized carbons (Fsp3) is 0.827. The normalized spacial score (nSPS) is 12.0. The van der Waals surface area contributed by atoms with Gasteiger partial charge in [0.15, 0.2) is 0 Å². The lowest BCUT2D eigenvalue weighted by molar-refractivity contribution is -0.159. The standard InChI is InChI=1S/C52H93NO12/c1-6-11-14-17-18-19-20-21-22-23-24-25-26-29-32-34-48(54)61-41-46(43-65-52(58)60-39-33-38-53(9-4)10-5)42-62-51(57)37-40-59-47(44-63-49(55)35-30-27-15-12-7-2)45-64-50(56)36-31-28-16-13-8-3/h18-19,21-22,46-47H,6-17,20,23-45H2,1-5H3/b19-18-,22-21-. The van der Waals surface area contributed by atoms with Crippen LogP contribution in [-0.2, 0) is 52.3 Å². The number of ether oxygens (including phenoxy) is 7. The van der Waals surface area contributed by atoms with Crippen LogP contribution in [0.25, 0.3) is 0 Å². The number of rotatable bonds is 46. The molecule has 0 amide bonds. The highest BCUT2D eigenvalue weighted by Gasteiger charge is 2.20. The molecule has 0 spiro atoms. The van der Waals surface area contributed by atoms with Gasteiger partial charge in [-0.1, -0.05) is 142 Å². The van der Waals surface area contributed by atoms with Gasteiger partial charge in [-0.3, -0.25) is 19.2 Å². The fourth-order valence-electron chi connectivity index (χ4n) is 6.72. The summed E-state index contributed by atoms with van der Waals surface area (Å²) in [5.41, 5.74) is 0. The Morgan fingerprint density at radius 3 is 1.34 bits per heavy atom. The summed E-state index contributed by atoms with van der Waals surface area (Å²) in [5, 5.41) is 0. The number of carbonyl (C=O) groups is 5. The maximum Gasteiger partial charge on any atom is 0.508 e. The van der Waals surface area contributed by atoms with Gasteiger partial charge in [0.1, 0.15) is 39.1 Å². The summed E-state index contributed by atoms with van der Waals surface area (Å²) in [6, 6.07) is 0. The van der Waals surface area contributed by atoms with Crippen LogP contribution in [0.1, 0.15) is 202 Å². The average molecular weight is 924 g/mol. The SMILES string of the molecule is CCCCC/C=C\C/C=C\CCCCCCCC(=O)OCC(COC(=O)CCOC(COC(=O)CCCCCCC)COC(=O)CCCCCCC)COC(=O)OCCCN(CC)CC. The van der Waals surface area contributed by atoms with Crippen LogP contribution in [0.2, 0.25) is 0 Å². The first-order chi connectivity index (χ1) is 31.7. The topological polar surface area (TPSA) is 153 Å². The Morgan fingerprint density at radius 1 is 0.415 bits per heavy atom. The van der Waals surface area contributed by atoms with Gasteiger partial charge in [-0.05, 0) is 70.9 Å². The molecule has 0 heterocycles. The molecule has 0 aromatic carbocycles. The molecular weight excluding hydrogens is 831 g/mol. The van der Waals surface area contributed by atoms with E-state index in [4.69, 9.17) is 33.2 Å². The van der Waals surface area contributed by atoms with Crippen LogP contribution in [0, 0.1) is 5.92 Å². The zero-order valence-corrected chi connectivity index (χ0v) is 41.8. The summed E-state index contributed by atoms with van der Waals surface area (Å²) >= 11 is 0. The first-order valence-electron chi connectivity index (χ1n) is 25.7. The predicted octanol–water partition coefficient (Wildman–Crippen LogP) is 12.0. The Bertz CT molecular complexity index is 1190. The number of nitrogens with zero attached hydrogens (tertiary/aromatic N) is 1. The van der Waals surface area contributed by atoms with E-state index in [0.29, 0.717) is 25.7 Å². The summed E-state index contributed by atoms with van der Waals surface area (Å²) in [6.07, 6.45) is 30.7. The van der Waals surface area contributed by atoms with Crippen LogP contribution in [0.3, 0.4) is 0 Å². The molecule has 0 saturated carbocycles. The minimum atomic E-state index is -0.842. The highest BCUT2D eigenvalue weighted by atomic mass is 16.7. The van der Waals surface area contributed by atoms with Gasteiger partial charge in [0.05, 0.1) is 25.6 Å². The van der Waals surface area contributed by atoms with E-state index in [-0.39, 0.29) is 77.0 Å². The summed E-state index contributed by atoms with van der Waals surface area (Å²) < 4.78 is 38.4. The predicted molar refractivity (Wildman–Crippen MR) is 257 cm³/mol. The number of esters is 4. The van der Waals surface area contributed by atoms with Crippen molar-refractivity contribution in [2.75, 3.05) is 65.9 Å². The minimum Gasteiger partial charge on any atom is -0.465 e. The van der Waals surface area contributed by atoms with Gasteiger partial charge < -0.3 is 38.1 Å². The van der Waals surface area contributed by atoms with Gasteiger partial charge in [-0.25, -0.2) is 4.79 Å². The third-order valence-corrected chi connectivity index (χ3v) is 11.0. The van der Waals surface area contributed by atoms with Crippen LogP contribution in [0.15, 0.2) is 24.3 Å². The van der Waals surface area contributed by atoms with Crippen LogP contribution in [0.4, 0.5) is 4.79 Å². The van der Waals surface area contributed by atoms with Gasteiger partial charge in [-0.2, -0.15) is 0 Å². The number of unbranched alkanes of at least 4 members (excludes halogenated alkanes) is 16. The fourth-order valence-corrected chi connectivity index (χ4v) is 6.72. The molecule has 0 fully saturated rings. The van der Waals surface area contributed by atoms with Crippen molar-refractivity contribution in [3.05, 3.63) is 24.3 Å². The van der Waals surface area contributed by atoms with E-state index >= 15 is 0 Å². The van der Waals surface area contributed by atoms with E-state index in [2.05, 4.69) is 63.8 Å². The highest BCUT2D eigenvalue weighted by molar-refractivity contribution is 5.70. The van der Waals surface area contributed by atoms with Crippen molar-refractivity contribution in [2.24, 2.45) is 5.92 Å². The molecule has 0 N–H and O–H groups in total. The van der Waals surface area contributed by atoms with Gasteiger partial charge in [0.25, 0.3) is 0 Å². The van der Waals surface area contributed by atoms with Gasteiger partial charge in [0.2, 0.25) is 0 Å². The lowest BCUT2D eigenvalue weighted by Gasteiger charge is -2.19. The Hall–Kier alpha value is -3.45. The molecule has 0 aliphatic rings. The molecule has 0 aromatic rings. The lowest BCUT2D eigenvalue weighted by Crippen LogP contribution is -2.30. The third-order valence-electron chi connectivity index (χ3n) is 11.0. The maximum atomic E-state index is 12.8. The summed E-state index contributed by atoms with van der Waals surface area (Å²) in [6.45, 7) is 12.7. The summed E-state index contributed by atoms with van der Waals surface area (Å²) in [7, 11) is 0. The Labute approximate surface area is 394 Å². The van der Waals surface area contributed by atoms with Crippen molar-refractivity contribution in [2.45, 2.75) is 208 Å². The van der Waals surface area contributed by atoms with Gasteiger partial charge in [0, 0.05) is 25.8 Å². The zero-order chi connectivity index (χ0) is 47.9. The molecule has 1 atom stereocenters. The summed E-state index contributed by atoms with van der Waals surface area (Å²) in [5.74, 6) is -2.26. The summed E-state index contributed by atoms with van der Waals surface area (Å²) in [4.78, 5) is 64.9. The smallest absolute Gasteiger partial charge is 0.465 e. The van der Waals surface area contributed by atoms with E-state index in [0.717, 1.165) is 129 Å². The zero-order valence-electron chi connectivity index (χ0n) is 41.8. The van der Waals surface area contributed by atoms with Crippen LogP contribution >= 0.6 is 0 Å². The lowest BCUT2D eigenvalue weighted by atomic mass is 10.1. The second-order valence-corrected chi connectivity index (χ2v) is 16.9. The Kier molecular flexibility index (Phi) is 44.6. The van der Waals surface area contributed by atoms with Crippen molar-refractivity contribution < 1.29 is 57.1 Å². The largest absolute Gasteiger partial charge is 0.508 e. The highest BCUT2D eigenvalue weighted by Crippen LogP contribution is 2.12. The molecule has 0 aliphatic heterocycles. The molecule has 0 rings (SSSR count). The number of carbonyl (C=O) groups excluding carboxylic acids is 5. The molecular formula is C52H93NO12. The molecule has 0 radical (unpaired) electrons. The Morgan fingerprint density at radius 2 is 0.831 bits per heavy atom. The van der Waals surface area contributed by atoms with Crippen LogP contribution < -0.4 is 0 Å². The maximum absolute atomic E-state index is 12.8. The van der Waals surface area contributed by atoms with Crippen molar-refractivity contribution in [1.29, 1.82) is 0 Å². The number of hydrogen-bond donors (Lipinski definition) is 0. The molecule has 13 heteroatoms. The van der Waals surface area contributed by atoms with Crippen molar-refractivity contribution >= 4 is 30.0 Å². The molecule has 0 aliphatic carbocycles. The quantitative estimate of drug-likeness (QED) is 0.0246. The van der Waals surface area contributed by atoms with Crippen LogP contribution in [-0.4, -0.2) is 107 Å². The monoisotopic (exact) mass is 924 g/mol. The molecule has 1 unspecified atom stereocenters. The van der Waals surface area contributed by atoms with Crippen molar-refractivity contribution in [3.63, 3.8) is 0 Å². The van der Waals surface area contributed by atoms with Crippen molar-refractivity contribution in [3.8, 4) is 0 Å². The molecule has 378 valence electrons. The molecule has 0 bridgehead atoms. The third kappa shape index (κ3) is 42.9. The van der Waals surface area contributed by atoms with E-state index in [9.17, 15) is 24.0 Å². The number of hydrogen-bond acceptors (Lipinski definition) is 13. The second-order valence-electron chi connectivity index (χ2n) is 16.9. The average Bonchev–Trinajstić information content (AvgIpc) is 3.30. The second kappa shape index (κ2) is 47.1. The molecule has 13 nitrogen and oxygen atoms in total. The van der Waals surface area contributed by atoms with Gasteiger partial charge in [-0.15, -0.1) is 0 Å². The molecule has 65 heavy (non-hydrogen) atoms. The van der Waals surface area contributed by atoms with E-state index in [1.165, 1.54) is 19.3 Å². The van der Waals surface area contributed by atoms with Crippen LogP contribution in [0.5, 0.6) is 0 Å². The molecule has 0 aromatic heterocycles. The van der Waals surface area contributed by atoms with Crippen molar-refractivity contribution in [1.82, 2.24) is 4.90 Å². The van der Waals surface area contributed by atoms with E-state index < -0.39 is 24.1 Å².